The Morgan fingerprint density at radius 3 is 2.80 bits per heavy atom. The van der Waals surface area contributed by atoms with Crippen LogP contribution in [0.4, 0.5) is 5.69 Å². The number of carbonyl (C=O) groups is 1. The summed E-state index contributed by atoms with van der Waals surface area (Å²) in [6, 6.07) is 12.9. The molecule has 0 bridgehead atoms. The molecule has 20 heavy (non-hydrogen) atoms. The van der Waals surface area contributed by atoms with Crippen LogP contribution < -0.4 is 5.32 Å². The lowest BCUT2D eigenvalue weighted by Crippen LogP contribution is -2.21. The summed E-state index contributed by atoms with van der Waals surface area (Å²) in [4.78, 5) is 12.1. The summed E-state index contributed by atoms with van der Waals surface area (Å²) in [7, 11) is 0. The van der Waals surface area contributed by atoms with Gasteiger partial charge < -0.3 is 10.7 Å². The van der Waals surface area contributed by atoms with E-state index in [0.717, 1.165) is 14.7 Å². The van der Waals surface area contributed by atoms with E-state index in [9.17, 15) is 4.79 Å². The highest BCUT2D eigenvalue weighted by Gasteiger charge is 2.34. The minimum Gasteiger partial charge on any atom is -0.325 e. The first kappa shape index (κ1) is 13.6. The van der Waals surface area contributed by atoms with Gasteiger partial charge in [0, 0.05) is 14.3 Å². The fraction of sp³-hybridized carbons (Fsp3) is 0.0667. The Morgan fingerprint density at radius 1 is 1.25 bits per heavy atom. The molecular weight excluding hydrogens is 387 g/mol. The second-order valence-corrected chi connectivity index (χ2v) is 6.26. The van der Waals surface area contributed by atoms with Crippen molar-refractivity contribution in [3.63, 3.8) is 0 Å². The molecule has 1 aliphatic rings. The average Bonchev–Trinajstić information content (AvgIpc) is 2.73. The molecule has 1 heterocycles. The first-order chi connectivity index (χ1) is 9.56. The molecule has 3 nitrogen and oxygen atoms in total. The highest BCUT2D eigenvalue weighted by Crippen LogP contribution is 2.36. The van der Waals surface area contributed by atoms with Crippen LogP contribution in [0.5, 0.6) is 0 Å². The van der Waals surface area contributed by atoms with Gasteiger partial charge in [0.05, 0.1) is 5.71 Å². The van der Waals surface area contributed by atoms with Gasteiger partial charge in [0.2, 0.25) is 5.91 Å². The minimum absolute atomic E-state index is 0.175. The lowest BCUT2D eigenvalue weighted by Gasteiger charge is -2.11. The SMILES string of the molecule is N=C(c1cccc(I)c1)C1C(=O)Nc2cc(Cl)ccc21. The van der Waals surface area contributed by atoms with E-state index in [-0.39, 0.29) is 5.91 Å². The van der Waals surface area contributed by atoms with Crippen LogP contribution in [0.25, 0.3) is 0 Å². The van der Waals surface area contributed by atoms with E-state index in [2.05, 4.69) is 27.9 Å². The van der Waals surface area contributed by atoms with Crippen molar-refractivity contribution in [1.82, 2.24) is 0 Å². The van der Waals surface area contributed by atoms with Crippen LogP contribution in [-0.4, -0.2) is 11.6 Å². The molecule has 1 amide bonds. The van der Waals surface area contributed by atoms with Crippen molar-refractivity contribution >= 4 is 51.5 Å². The number of halogens is 2. The topological polar surface area (TPSA) is 53.0 Å². The van der Waals surface area contributed by atoms with E-state index in [1.807, 2.05) is 30.3 Å². The molecule has 0 saturated heterocycles. The third-order valence-corrected chi connectivity index (χ3v) is 4.18. The Kier molecular flexibility index (Phi) is 3.52. The van der Waals surface area contributed by atoms with Crippen LogP contribution in [-0.2, 0) is 4.79 Å². The van der Waals surface area contributed by atoms with E-state index in [1.165, 1.54) is 0 Å². The van der Waals surface area contributed by atoms with Gasteiger partial charge in [-0.3, -0.25) is 4.79 Å². The van der Waals surface area contributed by atoms with Crippen LogP contribution in [0, 0.1) is 8.98 Å². The van der Waals surface area contributed by atoms with Crippen molar-refractivity contribution in [2.75, 3.05) is 5.32 Å². The summed E-state index contributed by atoms with van der Waals surface area (Å²) < 4.78 is 1.04. The second kappa shape index (κ2) is 5.18. The molecule has 5 heteroatoms. The molecule has 1 aliphatic heterocycles. The summed E-state index contributed by atoms with van der Waals surface area (Å²) >= 11 is 8.13. The smallest absolute Gasteiger partial charge is 0.238 e. The van der Waals surface area contributed by atoms with Crippen molar-refractivity contribution in [2.45, 2.75) is 5.92 Å². The summed E-state index contributed by atoms with van der Waals surface area (Å²) in [6.07, 6.45) is 0. The van der Waals surface area contributed by atoms with Gasteiger partial charge >= 0.3 is 0 Å². The second-order valence-electron chi connectivity index (χ2n) is 4.58. The van der Waals surface area contributed by atoms with Crippen LogP contribution in [0.15, 0.2) is 42.5 Å². The summed E-state index contributed by atoms with van der Waals surface area (Å²) in [5, 5.41) is 11.7. The molecule has 1 unspecified atom stereocenters. The Morgan fingerprint density at radius 2 is 2.05 bits per heavy atom. The third kappa shape index (κ3) is 2.33. The van der Waals surface area contributed by atoms with Crippen LogP contribution in [0.2, 0.25) is 5.02 Å². The minimum atomic E-state index is -0.569. The third-order valence-electron chi connectivity index (χ3n) is 3.27. The predicted molar refractivity (Wildman–Crippen MR) is 88.8 cm³/mol. The van der Waals surface area contributed by atoms with Crippen molar-refractivity contribution in [1.29, 1.82) is 5.41 Å². The maximum atomic E-state index is 12.1. The average molecular weight is 397 g/mol. The fourth-order valence-electron chi connectivity index (χ4n) is 2.34. The van der Waals surface area contributed by atoms with E-state index in [0.29, 0.717) is 16.4 Å². The van der Waals surface area contributed by atoms with Gasteiger partial charge in [0.25, 0.3) is 0 Å². The Bertz CT molecular complexity index is 730. The molecular formula is C15H10ClIN2O. The summed E-state index contributed by atoms with van der Waals surface area (Å²) in [5.41, 5.74) is 2.58. The molecule has 0 spiro atoms. The summed E-state index contributed by atoms with van der Waals surface area (Å²) in [6.45, 7) is 0. The first-order valence-corrected chi connectivity index (χ1v) is 7.46. The number of hydrogen-bond acceptors (Lipinski definition) is 2. The number of anilines is 1. The summed E-state index contributed by atoms with van der Waals surface area (Å²) in [5.74, 6) is -0.744. The standard InChI is InChI=1S/C15H10ClIN2O/c16-9-4-5-11-12(7-9)19-15(20)13(11)14(18)8-2-1-3-10(17)6-8/h1-7,13,18H,(H,19,20). The van der Waals surface area contributed by atoms with Crippen molar-refractivity contribution in [3.8, 4) is 0 Å². The lowest BCUT2D eigenvalue weighted by molar-refractivity contribution is -0.115. The molecule has 2 N–H and O–H groups in total. The van der Waals surface area contributed by atoms with Gasteiger partial charge in [0.1, 0.15) is 5.92 Å². The van der Waals surface area contributed by atoms with E-state index in [1.54, 1.807) is 12.1 Å². The Balaban J connectivity index is 2.03. The van der Waals surface area contributed by atoms with Gasteiger partial charge in [-0.15, -0.1) is 0 Å². The number of benzene rings is 2. The number of fused-ring (bicyclic) bond motifs is 1. The molecule has 1 atom stereocenters. The largest absolute Gasteiger partial charge is 0.325 e. The van der Waals surface area contributed by atoms with E-state index < -0.39 is 5.92 Å². The Hall–Kier alpha value is -1.40. The quantitative estimate of drug-likeness (QED) is 0.584. The van der Waals surface area contributed by atoms with Crippen molar-refractivity contribution in [3.05, 3.63) is 62.2 Å². The van der Waals surface area contributed by atoms with Crippen LogP contribution in [0.1, 0.15) is 17.0 Å². The monoisotopic (exact) mass is 396 g/mol. The molecule has 0 saturated carbocycles. The number of amides is 1. The van der Waals surface area contributed by atoms with Crippen molar-refractivity contribution < 1.29 is 4.79 Å². The zero-order valence-corrected chi connectivity index (χ0v) is 13.2. The normalized spacial score (nSPS) is 16.7. The number of rotatable bonds is 2. The first-order valence-electron chi connectivity index (χ1n) is 6.01. The maximum absolute atomic E-state index is 12.1. The molecule has 0 aliphatic carbocycles. The van der Waals surface area contributed by atoms with Gasteiger partial charge in [-0.2, -0.15) is 0 Å². The lowest BCUT2D eigenvalue weighted by atomic mass is 9.91. The van der Waals surface area contributed by atoms with Crippen molar-refractivity contribution in [2.24, 2.45) is 0 Å². The number of carbonyl (C=O) groups excluding carboxylic acids is 1. The maximum Gasteiger partial charge on any atom is 0.238 e. The van der Waals surface area contributed by atoms with Crippen LogP contribution in [0.3, 0.4) is 0 Å². The Labute approximate surface area is 135 Å². The highest BCUT2D eigenvalue weighted by atomic mass is 127. The molecule has 0 fully saturated rings. The van der Waals surface area contributed by atoms with Gasteiger partial charge in [-0.1, -0.05) is 29.8 Å². The van der Waals surface area contributed by atoms with E-state index >= 15 is 0 Å². The highest BCUT2D eigenvalue weighted by molar-refractivity contribution is 14.1. The molecule has 0 aromatic heterocycles. The molecule has 2 aromatic rings. The predicted octanol–water partition coefficient (Wildman–Crippen LogP) is 4.05. The number of hydrogen-bond donors (Lipinski definition) is 2. The van der Waals surface area contributed by atoms with Crippen LogP contribution >= 0.6 is 34.2 Å². The number of nitrogens with one attached hydrogen (secondary N) is 2. The fourth-order valence-corrected chi connectivity index (χ4v) is 3.06. The zero-order valence-electron chi connectivity index (χ0n) is 10.3. The zero-order chi connectivity index (χ0) is 14.3. The molecule has 3 rings (SSSR count). The van der Waals surface area contributed by atoms with E-state index in [4.69, 9.17) is 17.0 Å². The molecule has 0 radical (unpaired) electrons. The van der Waals surface area contributed by atoms with Gasteiger partial charge in [-0.05, 0) is 58.0 Å². The van der Waals surface area contributed by atoms with Gasteiger partial charge in [0.15, 0.2) is 0 Å². The molecule has 2 aromatic carbocycles. The molecule has 100 valence electrons. The van der Waals surface area contributed by atoms with Gasteiger partial charge in [-0.25, -0.2) is 0 Å².